The van der Waals surface area contributed by atoms with Crippen molar-refractivity contribution in [2.45, 2.75) is 69.4 Å². The minimum Gasteiger partial charge on any atom is -0.374 e. The van der Waals surface area contributed by atoms with Crippen molar-refractivity contribution in [1.82, 2.24) is 9.80 Å². The highest BCUT2D eigenvalue weighted by atomic mass is 16.5. The Hall–Kier alpha value is -0.160. The lowest BCUT2D eigenvalue weighted by molar-refractivity contribution is -0.00640. The van der Waals surface area contributed by atoms with Gasteiger partial charge in [0, 0.05) is 37.8 Å². The number of fused-ring (bicyclic) bond motifs is 2. The van der Waals surface area contributed by atoms with Gasteiger partial charge in [0.15, 0.2) is 0 Å². The fourth-order valence-electron chi connectivity index (χ4n) is 4.29. The SMILES string of the molecule is CC1CCC(C(CN)N2CCC3CCC(C2)N3C)O1. The van der Waals surface area contributed by atoms with Gasteiger partial charge in [0.2, 0.25) is 0 Å². The van der Waals surface area contributed by atoms with E-state index in [0.29, 0.717) is 18.2 Å². The second-order valence-electron chi connectivity index (χ2n) is 6.70. The number of nitrogens with zero attached hydrogens (tertiary/aromatic N) is 2. The van der Waals surface area contributed by atoms with E-state index >= 15 is 0 Å². The third-order valence-corrected chi connectivity index (χ3v) is 5.58. The molecule has 0 aliphatic carbocycles. The highest BCUT2D eigenvalue weighted by Crippen LogP contribution is 2.31. The number of hydrogen-bond donors (Lipinski definition) is 1. The van der Waals surface area contributed by atoms with Crippen LogP contribution in [0.4, 0.5) is 0 Å². The summed E-state index contributed by atoms with van der Waals surface area (Å²) in [4.78, 5) is 5.23. The average molecular weight is 267 g/mol. The smallest absolute Gasteiger partial charge is 0.0747 e. The normalized spacial score (nSPS) is 42.5. The van der Waals surface area contributed by atoms with Crippen LogP contribution in [0.3, 0.4) is 0 Å². The molecule has 5 atom stereocenters. The summed E-state index contributed by atoms with van der Waals surface area (Å²) in [6, 6.07) is 1.97. The first kappa shape index (κ1) is 13.8. The van der Waals surface area contributed by atoms with E-state index in [9.17, 15) is 0 Å². The predicted octanol–water partition coefficient (Wildman–Crippen LogP) is 1.05. The van der Waals surface area contributed by atoms with Crippen molar-refractivity contribution < 1.29 is 4.74 Å². The van der Waals surface area contributed by atoms with Gasteiger partial charge in [0.25, 0.3) is 0 Å². The maximum atomic E-state index is 6.08. The van der Waals surface area contributed by atoms with E-state index in [1.807, 2.05) is 0 Å². The van der Waals surface area contributed by atoms with Crippen molar-refractivity contribution in [3.05, 3.63) is 0 Å². The van der Waals surface area contributed by atoms with Crippen LogP contribution in [0, 0.1) is 0 Å². The molecular formula is C15H29N3O. The number of likely N-dealkylation sites (N-methyl/N-ethyl adjacent to an activating group) is 1. The van der Waals surface area contributed by atoms with Crippen LogP contribution in [0.5, 0.6) is 0 Å². The van der Waals surface area contributed by atoms with E-state index in [1.165, 1.54) is 45.2 Å². The molecule has 0 radical (unpaired) electrons. The van der Waals surface area contributed by atoms with Gasteiger partial charge in [-0.2, -0.15) is 0 Å². The van der Waals surface area contributed by atoms with Crippen LogP contribution in [-0.2, 0) is 4.74 Å². The lowest BCUT2D eigenvalue weighted by atomic mass is 10.0. The van der Waals surface area contributed by atoms with Gasteiger partial charge in [-0.3, -0.25) is 9.80 Å². The van der Waals surface area contributed by atoms with E-state index in [2.05, 4.69) is 23.8 Å². The average Bonchev–Trinajstić information content (AvgIpc) is 2.88. The monoisotopic (exact) mass is 267 g/mol. The molecule has 3 rings (SSSR count). The largest absolute Gasteiger partial charge is 0.374 e. The van der Waals surface area contributed by atoms with Crippen LogP contribution in [0.2, 0.25) is 0 Å². The van der Waals surface area contributed by atoms with Crippen LogP contribution in [0.1, 0.15) is 39.0 Å². The minimum absolute atomic E-state index is 0.363. The van der Waals surface area contributed by atoms with Gasteiger partial charge >= 0.3 is 0 Å². The zero-order chi connectivity index (χ0) is 13.4. The molecule has 3 aliphatic rings. The predicted molar refractivity (Wildman–Crippen MR) is 77.2 cm³/mol. The van der Waals surface area contributed by atoms with Gasteiger partial charge in [0.05, 0.1) is 12.2 Å². The molecule has 3 heterocycles. The van der Waals surface area contributed by atoms with Crippen molar-refractivity contribution in [1.29, 1.82) is 0 Å². The topological polar surface area (TPSA) is 41.7 Å². The van der Waals surface area contributed by atoms with Crippen molar-refractivity contribution >= 4 is 0 Å². The molecule has 4 heteroatoms. The van der Waals surface area contributed by atoms with Crippen molar-refractivity contribution in [2.24, 2.45) is 5.73 Å². The van der Waals surface area contributed by atoms with Gasteiger partial charge in [0.1, 0.15) is 0 Å². The van der Waals surface area contributed by atoms with E-state index in [-0.39, 0.29) is 0 Å². The molecule has 2 N–H and O–H groups in total. The maximum absolute atomic E-state index is 6.08. The first-order valence-corrected chi connectivity index (χ1v) is 8.00. The molecule has 5 unspecified atom stereocenters. The van der Waals surface area contributed by atoms with Crippen LogP contribution in [0.15, 0.2) is 0 Å². The molecule has 3 saturated heterocycles. The fraction of sp³-hybridized carbons (Fsp3) is 1.00. The van der Waals surface area contributed by atoms with E-state index in [1.54, 1.807) is 0 Å². The van der Waals surface area contributed by atoms with Crippen LogP contribution < -0.4 is 5.73 Å². The molecular weight excluding hydrogens is 238 g/mol. The number of hydrogen-bond acceptors (Lipinski definition) is 4. The third-order valence-electron chi connectivity index (χ3n) is 5.58. The third kappa shape index (κ3) is 2.68. The van der Waals surface area contributed by atoms with E-state index < -0.39 is 0 Å². The molecule has 110 valence electrons. The Bertz CT molecular complexity index is 312. The Labute approximate surface area is 117 Å². The molecule has 0 aromatic carbocycles. The number of nitrogens with two attached hydrogens (primary N) is 1. The molecule has 0 spiro atoms. The van der Waals surface area contributed by atoms with Crippen molar-refractivity contribution in [2.75, 3.05) is 26.7 Å². The summed E-state index contributed by atoms with van der Waals surface area (Å²) in [6.45, 7) is 5.30. The Morgan fingerprint density at radius 2 is 1.95 bits per heavy atom. The van der Waals surface area contributed by atoms with Gasteiger partial charge in [-0.15, -0.1) is 0 Å². The second kappa shape index (κ2) is 5.68. The number of rotatable bonds is 3. The van der Waals surface area contributed by atoms with Gasteiger partial charge in [-0.25, -0.2) is 0 Å². The van der Waals surface area contributed by atoms with Gasteiger partial charge in [-0.05, 0) is 46.1 Å². The Morgan fingerprint density at radius 1 is 1.16 bits per heavy atom. The second-order valence-corrected chi connectivity index (χ2v) is 6.70. The first-order valence-electron chi connectivity index (χ1n) is 8.00. The van der Waals surface area contributed by atoms with E-state index in [4.69, 9.17) is 10.5 Å². The standard InChI is InChI=1S/C15H29N3O/c1-11-3-6-15(19-11)14(9-16)18-8-7-12-4-5-13(10-18)17(12)2/h11-15H,3-10,16H2,1-2H3. The lowest BCUT2D eigenvalue weighted by Gasteiger charge is -2.35. The summed E-state index contributed by atoms with van der Waals surface area (Å²) < 4.78 is 6.08. The summed E-state index contributed by atoms with van der Waals surface area (Å²) in [6.07, 6.45) is 7.21. The minimum atomic E-state index is 0.363. The molecule has 4 nitrogen and oxygen atoms in total. The fourth-order valence-corrected chi connectivity index (χ4v) is 4.29. The maximum Gasteiger partial charge on any atom is 0.0747 e. The van der Waals surface area contributed by atoms with Crippen LogP contribution >= 0.6 is 0 Å². The molecule has 0 aromatic rings. The molecule has 2 bridgehead atoms. The Morgan fingerprint density at radius 3 is 2.63 bits per heavy atom. The molecule has 0 amide bonds. The summed E-state index contributed by atoms with van der Waals surface area (Å²) in [7, 11) is 2.30. The highest BCUT2D eigenvalue weighted by Gasteiger charge is 2.39. The Balaban J connectivity index is 1.66. The zero-order valence-corrected chi connectivity index (χ0v) is 12.4. The van der Waals surface area contributed by atoms with Crippen LogP contribution in [0.25, 0.3) is 0 Å². The molecule has 19 heavy (non-hydrogen) atoms. The van der Waals surface area contributed by atoms with Crippen LogP contribution in [-0.4, -0.2) is 66.8 Å². The summed E-state index contributed by atoms with van der Waals surface area (Å²) in [5.74, 6) is 0. The summed E-state index contributed by atoms with van der Waals surface area (Å²) in [5.41, 5.74) is 6.08. The first-order chi connectivity index (χ1) is 9.19. The highest BCUT2D eigenvalue weighted by molar-refractivity contribution is 4.95. The molecule has 0 aromatic heterocycles. The summed E-state index contributed by atoms with van der Waals surface area (Å²) in [5, 5.41) is 0. The Kier molecular flexibility index (Phi) is 4.13. The lowest BCUT2D eigenvalue weighted by Crippen LogP contribution is -2.51. The van der Waals surface area contributed by atoms with Gasteiger partial charge in [-0.1, -0.05) is 0 Å². The number of likely N-dealkylation sites (tertiary alicyclic amines) is 1. The molecule has 0 saturated carbocycles. The molecule has 3 aliphatic heterocycles. The summed E-state index contributed by atoms with van der Waals surface area (Å²) >= 11 is 0. The van der Waals surface area contributed by atoms with Gasteiger partial charge < -0.3 is 10.5 Å². The van der Waals surface area contributed by atoms with Crippen molar-refractivity contribution in [3.63, 3.8) is 0 Å². The van der Waals surface area contributed by atoms with Crippen molar-refractivity contribution in [3.8, 4) is 0 Å². The number of ether oxygens (including phenoxy) is 1. The van der Waals surface area contributed by atoms with E-state index in [0.717, 1.165) is 18.6 Å². The quantitative estimate of drug-likeness (QED) is 0.830. The molecule has 3 fully saturated rings. The zero-order valence-electron chi connectivity index (χ0n) is 12.4.